The number of hydrogen-bond acceptors (Lipinski definition) is 3. The third kappa shape index (κ3) is 2.87. The van der Waals surface area contributed by atoms with E-state index >= 15 is 0 Å². The van der Waals surface area contributed by atoms with Gasteiger partial charge in [0.05, 0.1) is 17.5 Å². The number of pyridine rings is 1. The number of nitrogens with zero attached hydrogens (tertiary/aromatic N) is 1. The van der Waals surface area contributed by atoms with Crippen LogP contribution < -0.4 is 5.32 Å². The molecule has 1 heterocycles. The summed E-state index contributed by atoms with van der Waals surface area (Å²) in [5.74, 6) is 0.234. The molecule has 1 aromatic carbocycles. The first-order valence-electron chi connectivity index (χ1n) is 5.54. The zero-order chi connectivity index (χ0) is 12.3. The van der Waals surface area contributed by atoms with Gasteiger partial charge in [-0.25, -0.2) is 0 Å². The van der Waals surface area contributed by atoms with Crippen molar-refractivity contribution in [2.75, 3.05) is 17.7 Å². The number of fused-ring (bicyclic) bond motifs is 1. The van der Waals surface area contributed by atoms with Gasteiger partial charge < -0.3 is 10.4 Å². The summed E-state index contributed by atoms with van der Waals surface area (Å²) in [5, 5.41) is 13.7. The van der Waals surface area contributed by atoms with Gasteiger partial charge in [0.2, 0.25) is 0 Å². The molecule has 0 aliphatic rings. The van der Waals surface area contributed by atoms with Crippen molar-refractivity contribution >= 4 is 28.2 Å². The lowest BCUT2D eigenvalue weighted by atomic mass is 10.1. The van der Waals surface area contributed by atoms with Crippen LogP contribution in [0.15, 0.2) is 30.5 Å². The van der Waals surface area contributed by atoms with Gasteiger partial charge in [-0.05, 0) is 30.7 Å². The van der Waals surface area contributed by atoms with Crippen molar-refractivity contribution in [2.24, 2.45) is 0 Å². The largest absolute Gasteiger partial charge is 0.390 e. The lowest BCUT2D eigenvalue weighted by Crippen LogP contribution is -2.21. The molecule has 1 unspecified atom stereocenters. The second kappa shape index (κ2) is 5.34. The van der Waals surface area contributed by atoms with E-state index in [1.807, 2.05) is 25.1 Å². The van der Waals surface area contributed by atoms with Gasteiger partial charge >= 0.3 is 0 Å². The molecule has 1 atom stereocenters. The Morgan fingerprint density at radius 2 is 2.29 bits per heavy atom. The van der Waals surface area contributed by atoms with Crippen molar-refractivity contribution in [3.05, 3.63) is 36.0 Å². The minimum atomic E-state index is -0.532. The Kier molecular flexibility index (Phi) is 3.82. The third-order valence-corrected chi connectivity index (χ3v) is 3.01. The van der Waals surface area contributed by atoms with Crippen molar-refractivity contribution in [1.29, 1.82) is 0 Å². The Balaban J connectivity index is 2.25. The molecule has 0 bridgehead atoms. The van der Waals surface area contributed by atoms with Crippen LogP contribution in [0.4, 0.5) is 5.69 Å². The molecular weight excluding hydrogens is 236 g/mol. The Bertz CT molecular complexity index is 516. The van der Waals surface area contributed by atoms with E-state index in [4.69, 9.17) is 11.6 Å². The average molecular weight is 251 g/mol. The van der Waals surface area contributed by atoms with Gasteiger partial charge in [-0.3, -0.25) is 4.98 Å². The molecule has 0 saturated heterocycles. The molecule has 90 valence electrons. The fourth-order valence-corrected chi connectivity index (χ4v) is 1.82. The zero-order valence-electron chi connectivity index (χ0n) is 9.65. The predicted octanol–water partition coefficient (Wildman–Crippen LogP) is 2.55. The maximum Gasteiger partial charge on any atom is 0.0847 e. The van der Waals surface area contributed by atoms with Crippen LogP contribution in [0.1, 0.15) is 5.56 Å². The van der Waals surface area contributed by atoms with Gasteiger partial charge in [-0.1, -0.05) is 6.07 Å². The number of anilines is 1. The first-order chi connectivity index (χ1) is 8.20. The summed E-state index contributed by atoms with van der Waals surface area (Å²) in [5.41, 5.74) is 3.06. The van der Waals surface area contributed by atoms with Crippen molar-refractivity contribution in [2.45, 2.75) is 13.0 Å². The summed E-state index contributed by atoms with van der Waals surface area (Å²) in [4.78, 5) is 4.30. The van der Waals surface area contributed by atoms with E-state index < -0.39 is 6.10 Å². The molecule has 2 aromatic rings. The molecule has 0 aliphatic carbocycles. The minimum Gasteiger partial charge on any atom is -0.390 e. The molecule has 2 N–H and O–H groups in total. The smallest absolute Gasteiger partial charge is 0.0847 e. The van der Waals surface area contributed by atoms with Gasteiger partial charge in [-0.15, -0.1) is 11.6 Å². The van der Waals surface area contributed by atoms with Gasteiger partial charge in [0.15, 0.2) is 0 Å². The van der Waals surface area contributed by atoms with Crippen molar-refractivity contribution in [3.63, 3.8) is 0 Å². The SMILES string of the molecule is Cc1cc2cccnc2cc1NCC(O)CCl. The Morgan fingerprint density at radius 3 is 3.06 bits per heavy atom. The Labute approximate surface area is 105 Å². The molecular formula is C13H15ClN2O. The highest BCUT2D eigenvalue weighted by atomic mass is 35.5. The fourth-order valence-electron chi connectivity index (χ4n) is 1.71. The Morgan fingerprint density at radius 1 is 1.47 bits per heavy atom. The standard InChI is InChI=1S/C13H15ClN2O/c1-9-5-10-3-2-4-15-13(10)6-12(9)16-8-11(17)7-14/h2-6,11,16-17H,7-8H2,1H3. The first kappa shape index (κ1) is 12.1. The normalized spacial score (nSPS) is 12.6. The van der Waals surface area contributed by atoms with Crippen molar-refractivity contribution < 1.29 is 5.11 Å². The van der Waals surface area contributed by atoms with Crippen LogP contribution >= 0.6 is 11.6 Å². The first-order valence-corrected chi connectivity index (χ1v) is 6.07. The number of halogens is 1. The maximum absolute atomic E-state index is 9.41. The molecule has 4 heteroatoms. The van der Waals surface area contributed by atoms with E-state index in [9.17, 15) is 5.11 Å². The van der Waals surface area contributed by atoms with Crippen LogP contribution in [-0.2, 0) is 0 Å². The lowest BCUT2D eigenvalue weighted by molar-refractivity contribution is 0.211. The van der Waals surface area contributed by atoms with E-state index in [0.29, 0.717) is 6.54 Å². The minimum absolute atomic E-state index is 0.234. The van der Waals surface area contributed by atoms with E-state index in [0.717, 1.165) is 22.2 Å². The number of aromatic nitrogens is 1. The summed E-state index contributed by atoms with van der Waals surface area (Å²) in [6.45, 7) is 2.48. The van der Waals surface area contributed by atoms with Gasteiger partial charge in [0.25, 0.3) is 0 Å². The molecule has 1 aromatic heterocycles. The molecule has 2 rings (SSSR count). The summed E-state index contributed by atoms with van der Waals surface area (Å²) < 4.78 is 0. The van der Waals surface area contributed by atoms with Gasteiger partial charge in [0.1, 0.15) is 0 Å². The highest BCUT2D eigenvalue weighted by Crippen LogP contribution is 2.21. The van der Waals surface area contributed by atoms with Crippen LogP contribution in [0.5, 0.6) is 0 Å². The molecule has 0 amide bonds. The monoisotopic (exact) mass is 250 g/mol. The van der Waals surface area contributed by atoms with Crippen molar-refractivity contribution in [1.82, 2.24) is 4.98 Å². The second-order valence-electron chi connectivity index (χ2n) is 4.05. The molecule has 0 fully saturated rings. The summed E-state index contributed by atoms with van der Waals surface area (Å²) in [6, 6.07) is 8.03. The van der Waals surface area contributed by atoms with E-state index in [1.165, 1.54) is 0 Å². The van der Waals surface area contributed by atoms with E-state index in [2.05, 4.69) is 16.4 Å². The summed E-state index contributed by atoms with van der Waals surface area (Å²) >= 11 is 5.55. The predicted molar refractivity (Wildman–Crippen MR) is 71.7 cm³/mol. The molecule has 0 radical (unpaired) electrons. The molecule has 17 heavy (non-hydrogen) atoms. The lowest BCUT2D eigenvalue weighted by Gasteiger charge is -2.13. The van der Waals surface area contributed by atoms with Crippen LogP contribution in [0.25, 0.3) is 10.9 Å². The quantitative estimate of drug-likeness (QED) is 0.820. The number of hydrogen-bond donors (Lipinski definition) is 2. The van der Waals surface area contributed by atoms with Gasteiger partial charge in [0, 0.05) is 23.8 Å². The van der Waals surface area contributed by atoms with E-state index in [1.54, 1.807) is 6.20 Å². The highest BCUT2D eigenvalue weighted by molar-refractivity contribution is 6.18. The molecule has 0 aliphatic heterocycles. The number of aryl methyl sites for hydroxylation is 1. The van der Waals surface area contributed by atoms with Crippen LogP contribution in [0.3, 0.4) is 0 Å². The molecule has 0 spiro atoms. The van der Waals surface area contributed by atoms with Crippen molar-refractivity contribution in [3.8, 4) is 0 Å². The number of benzene rings is 1. The van der Waals surface area contributed by atoms with Crippen LogP contribution in [0, 0.1) is 6.92 Å². The average Bonchev–Trinajstić information content (AvgIpc) is 2.35. The molecule has 0 saturated carbocycles. The number of nitrogens with one attached hydrogen (secondary N) is 1. The van der Waals surface area contributed by atoms with E-state index in [-0.39, 0.29) is 5.88 Å². The number of aliphatic hydroxyl groups excluding tert-OH is 1. The summed E-state index contributed by atoms with van der Waals surface area (Å²) in [6.07, 6.45) is 1.24. The third-order valence-electron chi connectivity index (χ3n) is 2.66. The maximum atomic E-state index is 9.41. The van der Waals surface area contributed by atoms with Gasteiger partial charge in [-0.2, -0.15) is 0 Å². The van der Waals surface area contributed by atoms with Crippen LogP contribution in [-0.4, -0.2) is 28.6 Å². The topological polar surface area (TPSA) is 45.2 Å². The number of alkyl halides is 1. The second-order valence-corrected chi connectivity index (χ2v) is 4.36. The molecule has 3 nitrogen and oxygen atoms in total. The number of aliphatic hydroxyl groups is 1. The zero-order valence-corrected chi connectivity index (χ0v) is 10.4. The van der Waals surface area contributed by atoms with Crippen LogP contribution in [0.2, 0.25) is 0 Å². The number of rotatable bonds is 4. The summed E-state index contributed by atoms with van der Waals surface area (Å²) in [7, 11) is 0. The fraction of sp³-hybridized carbons (Fsp3) is 0.308. The highest BCUT2D eigenvalue weighted by Gasteiger charge is 2.05. The Hall–Kier alpha value is -1.32.